The lowest BCUT2D eigenvalue weighted by atomic mass is 10.0. The molecule has 0 aliphatic heterocycles. The highest BCUT2D eigenvalue weighted by Crippen LogP contribution is 2.34. The smallest absolute Gasteiger partial charge is 0.208 e. The largest absolute Gasteiger partial charge is 0.301 e. The van der Waals surface area contributed by atoms with Gasteiger partial charge in [-0.2, -0.15) is 14.7 Å². The molecular weight excluding hydrogens is 240 g/mol. The zero-order chi connectivity index (χ0) is 13.2. The number of benzene rings is 2. The molecule has 0 saturated carbocycles. The highest BCUT2D eigenvalue weighted by atomic mass is 19.3. The third-order valence-corrected chi connectivity index (χ3v) is 2.84. The van der Waals surface area contributed by atoms with Gasteiger partial charge in [-0.25, -0.2) is 4.89 Å². The SMILES string of the molecule is CC(OON)C(F)(F)c1ccc2ccccc2c1. The molecular formula is C13H13F2NO2. The van der Waals surface area contributed by atoms with Crippen molar-refractivity contribution >= 4 is 10.8 Å². The van der Waals surface area contributed by atoms with E-state index in [0.717, 1.165) is 10.8 Å². The molecule has 0 radical (unpaired) electrons. The van der Waals surface area contributed by atoms with Crippen LogP contribution in [0.3, 0.4) is 0 Å². The number of nitrogens with two attached hydrogens (primary N) is 1. The van der Waals surface area contributed by atoms with E-state index in [-0.39, 0.29) is 5.56 Å². The number of halogens is 2. The lowest BCUT2D eigenvalue weighted by Gasteiger charge is -2.22. The maximum absolute atomic E-state index is 14.0. The van der Waals surface area contributed by atoms with Gasteiger partial charge in [-0.3, -0.25) is 0 Å². The van der Waals surface area contributed by atoms with E-state index < -0.39 is 12.0 Å². The third kappa shape index (κ3) is 2.33. The van der Waals surface area contributed by atoms with E-state index >= 15 is 0 Å². The Hall–Kier alpha value is -1.56. The number of rotatable bonds is 4. The topological polar surface area (TPSA) is 44.5 Å². The fourth-order valence-electron chi connectivity index (χ4n) is 1.78. The minimum atomic E-state index is -3.18. The molecule has 0 amide bonds. The van der Waals surface area contributed by atoms with E-state index in [4.69, 9.17) is 0 Å². The molecule has 5 heteroatoms. The summed E-state index contributed by atoms with van der Waals surface area (Å²) in [7, 11) is 0. The van der Waals surface area contributed by atoms with Crippen LogP contribution in [-0.2, 0) is 15.8 Å². The molecule has 1 unspecified atom stereocenters. The summed E-state index contributed by atoms with van der Waals surface area (Å²) in [6.45, 7) is 1.20. The lowest BCUT2D eigenvalue weighted by Crippen LogP contribution is -2.31. The van der Waals surface area contributed by atoms with Gasteiger partial charge in [-0.1, -0.05) is 36.4 Å². The highest BCUT2D eigenvalue weighted by Gasteiger charge is 2.40. The quantitative estimate of drug-likeness (QED) is 0.672. The summed E-state index contributed by atoms with van der Waals surface area (Å²) in [4.78, 5) is 8.12. The van der Waals surface area contributed by atoms with Crippen molar-refractivity contribution in [3.8, 4) is 0 Å². The van der Waals surface area contributed by atoms with Crippen molar-refractivity contribution in [2.75, 3.05) is 0 Å². The van der Waals surface area contributed by atoms with Gasteiger partial charge in [0.15, 0.2) is 6.10 Å². The Morgan fingerprint density at radius 1 is 1.11 bits per heavy atom. The van der Waals surface area contributed by atoms with Crippen LogP contribution in [0.25, 0.3) is 10.8 Å². The van der Waals surface area contributed by atoms with Crippen molar-refractivity contribution in [2.45, 2.75) is 19.0 Å². The van der Waals surface area contributed by atoms with Crippen molar-refractivity contribution in [3.05, 3.63) is 48.0 Å². The van der Waals surface area contributed by atoms with Crippen LogP contribution in [0.5, 0.6) is 0 Å². The number of fused-ring (bicyclic) bond motifs is 1. The Balaban J connectivity index is 2.40. The van der Waals surface area contributed by atoms with Gasteiger partial charge in [0, 0.05) is 5.56 Å². The molecule has 3 nitrogen and oxygen atoms in total. The van der Waals surface area contributed by atoms with Crippen LogP contribution in [0.4, 0.5) is 8.78 Å². The molecule has 18 heavy (non-hydrogen) atoms. The van der Waals surface area contributed by atoms with Crippen LogP contribution >= 0.6 is 0 Å². The molecule has 2 aromatic rings. The maximum atomic E-state index is 14.0. The van der Waals surface area contributed by atoms with Gasteiger partial charge < -0.3 is 0 Å². The highest BCUT2D eigenvalue weighted by molar-refractivity contribution is 5.83. The molecule has 2 aromatic carbocycles. The maximum Gasteiger partial charge on any atom is 0.301 e. The molecule has 0 spiro atoms. The van der Waals surface area contributed by atoms with E-state index in [0.29, 0.717) is 0 Å². The molecule has 96 valence electrons. The first kappa shape index (κ1) is 12.9. The molecule has 0 aromatic heterocycles. The molecule has 0 bridgehead atoms. The van der Waals surface area contributed by atoms with E-state index in [1.807, 2.05) is 12.1 Å². The molecule has 1 atom stereocenters. The van der Waals surface area contributed by atoms with Gasteiger partial charge in [0.1, 0.15) is 0 Å². The van der Waals surface area contributed by atoms with Crippen molar-refractivity contribution in [2.24, 2.45) is 5.90 Å². The van der Waals surface area contributed by atoms with Crippen molar-refractivity contribution in [3.63, 3.8) is 0 Å². The van der Waals surface area contributed by atoms with Gasteiger partial charge in [0.25, 0.3) is 0 Å². The zero-order valence-corrected chi connectivity index (χ0v) is 9.77. The van der Waals surface area contributed by atoms with Crippen LogP contribution in [0.15, 0.2) is 42.5 Å². The summed E-state index contributed by atoms with van der Waals surface area (Å²) in [6, 6.07) is 11.8. The predicted octanol–water partition coefficient (Wildman–Crippen LogP) is 3.14. The number of hydrogen-bond donors (Lipinski definition) is 1. The summed E-state index contributed by atoms with van der Waals surface area (Å²) in [5.41, 5.74) is -0.134. The molecule has 2 rings (SSSR count). The summed E-state index contributed by atoms with van der Waals surface area (Å²) < 4.78 is 28.0. The van der Waals surface area contributed by atoms with Gasteiger partial charge >= 0.3 is 5.92 Å². The summed E-state index contributed by atoms with van der Waals surface area (Å²) in [5.74, 6) is 1.46. The normalized spacial score (nSPS) is 13.8. The summed E-state index contributed by atoms with van der Waals surface area (Å²) in [5, 5.41) is 1.65. The van der Waals surface area contributed by atoms with Crippen LogP contribution < -0.4 is 5.90 Å². The first-order chi connectivity index (χ1) is 8.55. The molecule has 0 saturated heterocycles. The van der Waals surface area contributed by atoms with E-state index in [2.05, 4.69) is 15.8 Å². The van der Waals surface area contributed by atoms with Crippen molar-refractivity contribution in [1.29, 1.82) is 0 Å². The fraction of sp³-hybridized carbons (Fsp3) is 0.231. The molecule has 0 fully saturated rings. The first-order valence-corrected chi connectivity index (χ1v) is 5.45. The van der Waals surface area contributed by atoms with Crippen molar-refractivity contribution < 1.29 is 18.7 Å². The van der Waals surface area contributed by atoms with Crippen LogP contribution in [-0.4, -0.2) is 6.10 Å². The Morgan fingerprint density at radius 3 is 2.44 bits per heavy atom. The van der Waals surface area contributed by atoms with Crippen LogP contribution in [0.1, 0.15) is 12.5 Å². The number of alkyl halides is 2. The predicted molar refractivity (Wildman–Crippen MR) is 63.7 cm³/mol. The second-order valence-electron chi connectivity index (χ2n) is 4.02. The van der Waals surface area contributed by atoms with Gasteiger partial charge in [0.2, 0.25) is 0 Å². The Labute approximate surface area is 103 Å². The lowest BCUT2D eigenvalue weighted by molar-refractivity contribution is -0.361. The Kier molecular flexibility index (Phi) is 3.56. The molecule has 0 aliphatic rings. The van der Waals surface area contributed by atoms with Crippen molar-refractivity contribution in [1.82, 2.24) is 0 Å². The average molecular weight is 253 g/mol. The zero-order valence-electron chi connectivity index (χ0n) is 9.77. The molecule has 0 aliphatic carbocycles. The second kappa shape index (κ2) is 4.97. The van der Waals surface area contributed by atoms with Crippen LogP contribution in [0, 0.1) is 0 Å². The Morgan fingerprint density at radius 2 is 1.78 bits per heavy atom. The minimum absolute atomic E-state index is 0.134. The monoisotopic (exact) mass is 253 g/mol. The average Bonchev–Trinajstić information content (AvgIpc) is 2.38. The third-order valence-electron chi connectivity index (χ3n) is 2.84. The number of hydrogen-bond acceptors (Lipinski definition) is 3. The standard InChI is InChI=1S/C13H13F2NO2/c1-9(17-18-16)13(14,15)12-7-6-10-4-2-3-5-11(10)8-12/h2-9H,16H2,1H3. The van der Waals surface area contributed by atoms with Crippen LogP contribution in [0.2, 0.25) is 0 Å². The van der Waals surface area contributed by atoms with Gasteiger partial charge in [-0.05, 0) is 23.8 Å². The second-order valence-corrected chi connectivity index (χ2v) is 4.02. The minimum Gasteiger partial charge on any atom is -0.208 e. The van der Waals surface area contributed by atoms with Gasteiger partial charge in [-0.15, -0.1) is 4.99 Å². The molecule has 0 heterocycles. The Bertz CT molecular complexity index is 545. The van der Waals surface area contributed by atoms with E-state index in [9.17, 15) is 8.78 Å². The van der Waals surface area contributed by atoms with Gasteiger partial charge in [0.05, 0.1) is 0 Å². The summed E-state index contributed by atoms with van der Waals surface area (Å²) in [6.07, 6.45) is -1.47. The van der Waals surface area contributed by atoms with E-state index in [1.165, 1.54) is 19.1 Å². The molecule has 2 N–H and O–H groups in total. The first-order valence-electron chi connectivity index (χ1n) is 5.45. The fourth-order valence-corrected chi connectivity index (χ4v) is 1.78. The van der Waals surface area contributed by atoms with E-state index in [1.54, 1.807) is 18.2 Å². The summed E-state index contributed by atoms with van der Waals surface area (Å²) >= 11 is 0.